The second kappa shape index (κ2) is 10.5. The van der Waals surface area contributed by atoms with E-state index in [1.54, 1.807) is 26.0 Å². The number of anilines is 2. The highest BCUT2D eigenvalue weighted by Gasteiger charge is 2.23. The predicted octanol–water partition coefficient (Wildman–Crippen LogP) is 2.60. The molecule has 7 nitrogen and oxygen atoms in total. The van der Waals surface area contributed by atoms with E-state index < -0.39 is 16.1 Å². The zero-order chi connectivity index (χ0) is 19.7. The minimum absolute atomic E-state index is 0.155. The van der Waals surface area contributed by atoms with Crippen LogP contribution >= 0.6 is 0 Å². The third kappa shape index (κ3) is 5.69. The molecule has 8 heteroatoms. The Bertz CT molecular complexity index is 688. The van der Waals surface area contributed by atoms with E-state index in [-0.39, 0.29) is 10.8 Å². The van der Waals surface area contributed by atoms with Gasteiger partial charge in [0.1, 0.15) is 0 Å². The zero-order valence-corrected chi connectivity index (χ0v) is 17.0. The molecule has 0 aromatic heterocycles. The van der Waals surface area contributed by atoms with Gasteiger partial charge in [-0.15, -0.1) is 0 Å². The van der Waals surface area contributed by atoms with Gasteiger partial charge in [0.25, 0.3) is 0 Å². The summed E-state index contributed by atoms with van der Waals surface area (Å²) in [5, 5.41) is 5.99. The summed E-state index contributed by atoms with van der Waals surface area (Å²) in [6, 6.07) is 4.13. The standard InChI is InChI=1S/C18H32N4O3S/c1-5-9-15(19)18(23)21-17-13-14(10-11-16(17)20-12-6-2)26(24,25)22(7-3)8-4/h10-11,13,15,20H,5-9,12,19H2,1-4H3,(H,21,23). The van der Waals surface area contributed by atoms with Crippen molar-refractivity contribution in [2.75, 3.05) is 30.3 Å². The van der Waals surface area contributed by atoms with Gasteiger partial charge < -0.3 is 16.4 Å². The van der Waals surface area contributed by atoms with E-state index in [1.807, 2.05) is 13.8 Å². The molecule has 1 amide bonds. The van der Waals surface area contributed by atoms with E-state index in [9.17, 15) is 13.2 Å². The van der Waals surface area contributed by atoms with Gasteiger partial charge in [-0.1, -0.05) is 34.1 Å². The number of carbonyl (C=O) groups is 1. The first-order chi connectivity index (χ1) is 12.3. The van der Waals surface area contributed by atoms with E-state index in [0.717, 1.165) is 12.8 Å². The van der Waals surface area contributed by atoms with Crippen LogP contribution in [0.4, 0.5) is 11.4 Å². The maximum absolute atomic E-state index is 12.8. The van der Waals surface area contributed by atoms with E-state index >= 15 is 0 Å². The topological polar surface area (TPSA) is 105 Å². The normalized spacial score (nSPS) is 12.8. The van der Waals surface area contributed by atoms with Gasteiger partial charge in [-0.3, -0.25) is 4.79 Å². The SMILES string of the molecule is CCCNc1ccc(S(=O)(=O)N(CC)CC)cc1NC(=O)C(N)CCC. The van der Waals surface area contributed by atoms with Crippen molar-refractivity contribution >= 4 is 27.3 Å². The maximum Gasteiger partial charge on any atom is 0.243 e. The van der Waals surface area contributed by atoms with Crippen LogP contribution < -0.4 is 16.4 Å². The summed E-state index contributed by atoms with van der Waals surface area (Å²) in [5.41, 5.74) is 7.00. The van der Waals surface area contributed by atoms with Crippen molar-refractivity contribution in [3.8, 4) is 0 Å². The minimum atomic E-state index is -3.60. The van der Waals surface area contributed by atoms with Crippen molar-refractivity contribution in [1.82, 2.24) is 4.31 Å². The van der Waals surface area contributed by atoms with Crippen LogP contribution in [0.2, 0.25) is 0 Å². The molecule has 0 radical (unpaired) electrons. The van der Waals surface area contributed by atoms with Crippen LogP contribution in [0.15, 0.2) is 23.1 Å². The number of sulfonamides is 1. The van der Waals surface area contributed by atoms with Crippen LogP contribution in [0.5, 0.6) is 0 Å². The van der Waals surface area contributed by atoms with Crippen molar-refractivity contribution in [2.24, 2.45) is 5.73 Å². The first-order valence-corrected chi connectivity index (χ1v) is 10.7. The van der Waals surface area contributed by atoms with Gasteiger partial charge in [0.15, 0.2) is 0 Å². The number of amides is 1. The van der Waals surface area contributed by atoms with Crippen molar-refractivity contribution < 1.29 is 13.2 Å². The van der Waals surface area contributed by atoms with Gasteiger partial charge in [0, 0.05) is 19.6 Å². The molecule has 1 rings (SSSR count). The number of hydrogen-bond acceptors (Lipinski definition) is 5. The summed E-state index contributed by atoms with van der Waals surface area (Å²) in [4.78, 5) is 12.5. The lowest BCUT2D eigenvalue weighted by Crippen LogP contribution is -2.35. The van der Waals surface area contributed by atoms with Crippen LogP contribution in [-0.4, -0.2) is 44.3 Å². The van der Waals surface area contributed by atoms with Crippen molar-refractivity contribution in [2.45, 2.75) is 57.9 Å². The van der Waals surface area contributed by atoms with E-state index in [1.165, 1.54) is 10.4 Å². The van der Waals surface area contributed by atoms with Gasteiger partial charge in [0.05, 0.1) is 22.3 Å². The molecule has 0 fully saturated rings. The van der Waals surface area contributed by atoms with Crippen LogP contribution in [0, 0.1) is 0 Å². The van der Waals surface area contributed by atoms with Crippen molar-refractivity contribution in [3.05, 3.63) is 18.2 Å². The Labute approximate surface area is 157 Å². The van der Waals surface area contributed by atoms with E-state index in [4.69, 9.17) is 5.73 Å². The van der Waals surface area contributed by atoms with Crippen LogP contribution in [-0.2, 0) is 14.8 Å². The Kier molecular flexibility index (Phi) is 9.04. The highest BCUT2D eigenvalue weighted by molar-refractivity contribution is 7.89. The van der Waals surface area contributed by atoms with E-state index in [0.29, 0.717) is 37.4 Å². The number of carbonyl (C=O) groups excluding carboxylic acids is 1. The molecule has 4 N–H and O–H groups in total. The third-order valence-electron chi connectivity index (χ3n) is 4.09. The molecule has 0 bridgehead atoms. The molecule has 0 aliphatic carbocycles. The molecule has 1 aromatic rings. The molecule has 0 aliphatic heterocycles. The molecular weight excluding hydrogens is 352 g/mol. The summed E-state index contributed by atoms with van der Waals surface area (Å²) in [6.45, 7) is 9.07. The molecule has 0 saturated carbocycles. The highest BCUT2D eigenvalue weighted by atomic mass is 32.2. The fourth-order valence-electron chi connectivity index (χ4n) is 2.58. The lowest BCUT2D eigenvalue weighted by atomic mass is 10.1. The predicted molar refractivity (Wildman–Crippen MR) is 107 cm³/mol. The van der Waals surface area contributed by atoms with Gasteiger partial charge in [-0.2, -0.15) is 4.31 Å². The van der Waals surface area contributed by atoms with Crippen molar-refractivity contribution in [3.63, 3.8) is 0 Å². The molecule has 148 valence electrons. The quantitative estimate of drug-likeness (QED) is 0.544. The Morgan fingerprint density at radius 2 is 1.77 bits per heavy atom. The number of nitrogens with two attached hydrogens (primary N) is 1. The summed E-state index contributed by atoms with van der Waals surface area (Å²) in [5.74, 6) is -0.316. The fourth-order valence-corrected chi connectivity index (χ4v) is 4.07. The smallest absolute Gasteiger partial charge is 0.243 e. The Balaban J connectivity index is 3.24. The Hall–Kier alpha value is -1.64. The van der Waals surface area contributed by atoms with Gasteiger partial charge in [-0.25, -0.2) is 8.42 Å². The number of benzene rings is 1. The largest absolute Gasteiger partial charge is 0.383 e. The van der Waals surface area contributed by atoms with Crippen LogP contribution in [0.3, 0.4) is 0 Å². The monoisotopic (exact) mass is 384 g/mol. The fraction of sp³-hybridized carbons (Fsp3) is 0.611. The molecule has 1 unspecified atom stereocenters. The van der Waals surface area contributed by atoms with Crippen LogP contribution in [0.25, 0.3) is 0 Å². The Morgan fingerprint density at radius 3 is 2.31 bits per heavy atom. The second-order valence-corrected chi connectivity index (χ2v) is 8.05. The summed E-state index contributed by atoms with van der Waals surface area (Å²) in [6.07, 6.45) is 2.27. The molecule has 26 heavy (non-hydrogen) atoms. The first-order valence-electron chi connectivity index (χ1n) is 9.26. The number of nitrogens with one attached hydrogen (secondary N) is 2. The molecule has 1 aromatic carbocycles. The third-order valence-corrected chi connectivity index (χ3v) is 6.14. The average molecular weight is 385 g/mol. The maximum atomic E-state index is 12.8. The van der Waals surface area contributed by atoms with E-state index in [2.05, 4.69) is 10.6 Å². The summed E-state index contributed by atoms with van der Waals surface area (Å²) < 4.78 is 26.9. The lowest BCUT2D eigenvalue weighted by Gasteiger charge is -2.21. The average Bonchev–Trinajstić information content (AvgIpc) is 2.61. The molecule has 0 heterocycles. The zero-order valence-electron chi connectivity index (χ0n) is 16.2. The number of nitrogens with zero attached hydrogens (tertiary/aromatic N) is 1. The lowest BCUT2D eigenvalue weighted by molar-refractivity contribution is -0.117. The molecule has 0 spiro atoms. The van der Waals surface area contributed by atoms with Gasteiger partial charge >= 0.3 is 0 Å². The van der Waals surface area contributed by atoms with Crippen molar-refractivity contribution in [1.29, 1.82) is 0 Å². The van der Waals surface area contributed by atoms with Crippen LogP contribution in [0.1, 0.15) is 47.0 Å². The number of rotatable bonds is 11. The highest BCUT2D eigenvalue weighted by Crippen LogP contribution is 2.27. The minimum Gasteiger partial charge on any atom is -0.383 e. The molecule has 0 aliphatic rings. The van der Waals surface area contributed by atoms with Gasteiger partial charge in [-0.05, 0) is 31.0 Å². The molecule has 0 saturated heterocycles. The second-order valence-electron chi connectivity index (χ2n) is 6.11. The summed E-state index contributed by atoms with van der Waals surface area (Å²) in [7, 11) is -3.60. The Morgan fingerprint density at radius 1 is 1.12 bits per heavy atom. The van der Waals surface area contributed by atoms with Gasteiger partial charge in [0.2, 0.25) is 15.9 Å². The molecule has 1 atom stereocenters. The summed E-state index contributed by atoms with van der Waals surface area (Å²) >= 11 is 0. The first kappa shape index (κ1) is 22.4. The molecular formula is C18H32N4O3S. The number of hydrogen-bond donors (Lipinski definition) is 3.